The van der Waals surface area contributed by atoms with Crippen LogP contribution in [0.3, 0.4) is 0 Å². The maximum atomic E-state index is 14.0. The zero-order valence-electron chi connectivity index (χ0n) is 13.3. The fourth-order valence-corrected chi connectivity index (χ4v) is 2.25. The van der Waals surface area contributed by atoms with Gasteiger partial charge in [0.1, 0.15) is 11.6 Å². The number of halogens is 2. The number of aryl methyl sites for hydroxylation is 1. The van der Waals surface area contributed by atoms with E-state index in [0.29, 0.717) is 17.0 Å². The van der Waals surface area contributed by atoms with Crippen LogP contribution in [-0.2, 0) is 0 Å². The molecule has 2 nitrogen and oxygen atoms in total. The summed E-state index contributed by atoms with van der Waals surface area (Å²) >= 11 is 0. The zero-order chi connectivity index (χ0) is 15.4. The van der Waals surface area contributed by atoms with E-state index >= 15 is 0 Å². The average Bonchev–Trinajstić information content (AvgIpc) is 2.32. The van der Waals surface area contributed by atoms with Gasteiger partial charge in [0.25, 0.3) is 0 Å². The Balaban J connectivity index is 2.88. The summed E-state index contributed by atoms with van der Waals surface area (Å²) in [4.78, 5) is 2.09. The molecule has 0 aromatic heterocycles. The molecule has 1 rings (SSSR count). The highest BCUT2D eigenvalue weighted by Gasteiger charge is 2.20. The molecule has 0 fully saturated rings. The second-order valence-electron chi connectivity index (χ2n) is 6.12. The highest BCUT2D eigenvalue weighted by molar-refractivity contribution is 5.27. The minimum atomic E-state index is -0.358. The molecule has 0 heterocycles. The lowest BCUT2D eigenvalue weighted by Gasteiger charge is -2.29. The number of nitrogens with one attached hydrogen (secondary N) is 1. The third-order valence-corrected chi connectivity index (χ3v) is 3.58. The van der Waals surface area contributed by atoms with E-state index in [0.717, 1.165) is 6.54 Å². The molecule has 0 aliphatic heterocycles. The molecule has 1 aromatic rings. The number of hydrogen-bond donors (Lipinski definition) is 1. The first kappa shape index (κ1) is 17.1. The van der Waals surface area contributed by atoms with E-state index in [9.17, 15) is 8.78 Å². The van der Waals surface area contributed by atoms with Crippen molar-refractivity contribution in [1.29, 1.82) is 0 Å². The molecule has 1 N–H and O–H groups in total. The van der Waals surface area contributed by atoms with E-state index < -0.39 is 0 Å². The monoisotopic (exact) mass is 284 g/mol. The lowest BCUT2D eigenvalue weighted by molar-refractivity contribution is 0.272. The van der Waals surface area contributed by atoms with Gasteiger partial charge < -0.3 is 10.2 Å². The smallest absolute Gasteiger partial charge is 0.128 e. The highest BCUT2D eigenvalue weighted by Crippen LogP contribution is 2.22. The Morgan fingerprint density at radius 3 is 2.20 bits per heavy atom. The normalized spacial score (nSPS) is 14.9. The molecule has 0 spiro atoms. The van der Waals surface area contributed by atoms with E-state index in [1.54, 1.807) is 6.92 Å². The number of hydrogen-bond acceptors (Lipinski definition) is 2. The number of benzene rings is 1. The summed E-state index contributed by atoms with van der Waals surface area (Å²) in [5.74, 6) is -0.293. The second kappa shape index (κ2) is 7.14. The molecule has 1 aromatic carbocycles. The van der Waals surface area contributed by atoms with Gasteiger partial charge in [-0.2, -0.15) is 0 Å². The van der Waals surface area contributed by atoms with Gasteiger partial charge in [0.15, 0.2) is 0 Å². The van der Waals surface area contributed by atoms with Gasteiger partial charge in [-0.15, -0.1) is 0 Å². The van der Waals surface area contributed by atoms with Crippen molar-refractivity contribution in [1.82, 2.24) is 10.2 Å². The number of rotatable bonds is 6. The molecule has 0 aliphatic carbocycles. The predicted octanol–water partition coefficient (Wildman–Crippen LogP) is 3.51. The van der Waals surface area contributed by atoms with Crippen LogP contribution >= 0.6 is 0 Å². The number of nitrogens with zero attached hydrogens (tertiary/aromatic N) is 1. The summed E-state index contributed by atoms with van der Waals surface area (Å²) in [5.41, 5.74) is 0.727. The van der Waals surface area contributed by atoms with Crippen LogP contribution in [0.4, 0.5) is 8.78 Å². The van der Waals surface area contributed by atoms with Gasteiger partial charge in [0.05, 0.1) is 0 Å². The summed E-state index contributed by atoms with van der Waals surface area (Å²) in [6.45, 7) is 8.55. The molecule has 0 bridgehead atoms. The van der Waals surface area contributed by atoms with Gasteiger partial charge in [-0.3, -0.25) is 0 Å². The lowest BCUT2D eigenvalue weighted by Crippen LogP contribution is -2.43. The van der Waals surface area contributed by atoms with Crippen LogP contribution in [0.5, 0.6) is 0 Å². The van der Waals surface area contributed by atoms with Crippen molar-refractivity contribution in [2.75, 3.05) is 20.6 Å². The molecule has 2 unspecified atom stereocenters. The van der Waals surface area contributed by atoms with Gasteiger partial charge in [-0.25, -0.2) is 8.78 Å². The second-order valence-corrected chi connectivity index (χ2v) is 6.12. The SMILES string of the molecule is Cc1cc(F)c(C(C)NC(CN(C)C)C(C)C)cc1F. The van der Waals surface area contributed by atoms with E-state index in [1.807, 2.05) is 21.0 Å². The standard InChI is InChI=1S/C16H26F2N2/c1-10(2)16(9-20(5)6)19-12(4)13-8-14(17)11(3)7-15(13)18/h7-8,10,12,16,19H,9H2,1-6H3. The van der Waals surface area contributed by atoms with E-state index in [-0.39, 0.29) is 23.7 Å². The largest absolute Gasteiger partial charge is 0.308 e. The summed E-state index contributed by atoms with van der Waals surface area (Å²) in [6.07, 6.45) is 0. The fourth-order valence-electron chi connectivity index (χ4n) is 2.25. The topological polar surface area (TPSA) is 15.3 Å². The Hall–Kier alpha value is -1.00. The molecule has 0 radical (unpaired) electrons. The average molecular weight is 284 g/mol. The van der Waals surface area contributed by atoms with Crippen molar-refractivity contribution < 1.29 is 8.78 Å². The first-order chi connectivity index (χ1) is 9.22. The molecule has 2 atom stereocenters. The van der Waals surface area contributed by atoms with E-state index in [2.05, 4.69) is 24.1 Å². The molecule has 0 amide bonds. The van der Waals surface area contributed by atoms with Crippen molar-refractivity contribution in [2.45, 2.75) is 39.8 Å². The maximum absolute atomic E-state index is 14.0. The van der Waals surface area contributed by atoms with Crippen LogP contribution < -0.4 is 5.32 Å². The Morgan fingerprint density at radius 1 is 1.10 bits per heavy atom. The molecular formula is C16H26F2N2. The fraction of sp³-hybridized carbons (Fsp3) is 0.625. The van der Waals surface area contributed by atoms with E-state index in [1.165, 1.54) is 12.1 Å². The highest BCUT2D eigenvalue weighted by atomic mass is 19.1. The summed E-state index contributed by atoms with van der Waals surface area (Å²) < 4.78 is 27.6. The zero-order valence-corrected chi connectivity index (χ0v) is 13.3. The first-order valence-electron chi connectivity index (χ1n) is 7.08. The molecule has 4 heteroatoms. The quantitative estimate of drug-likeness (QED) is 0.860. The summed E-state index contributed by atoms with van der Waals surface area (Å²) in [7, 11) is 4.02. The Bertz CT molecular complexity index is 444. The maximum Gasteiger partial charge on any atom is 0.128 e. The van der Waals surface area contributed by atoms with Crippen LogP contribution in [0.25, 0.3) is 0 Å². The van der Waals surface area contributed by atoms with E-state index in [4.69, 9.17) is 0 Å². The van der Waals surface area contributed by atoms with Crippen LogP contribution in [-0.4, -0.2) is 31.6 Å². The lowest BCUT2D eigenvalue weighted by atomic mass is 9.99. The van der Waals surface area contributed by atoms with Crippen LogP contribution in [0.2, 0.25) is 0 Å². The minimum Gasteiger partial charge on any atom is -0.308 e. The Labute approximate surface area is 121 Å². The molecular weight excluding hydrogens is 258 g/mol. The molecule has 20 heavy (non-hydrogen) atoms. The molecule has 0 saturated heterocycles. The molecule has 0 aliphatic rings. The number of likely N-dealkylation sites (N-methyl/N-ethyl adjacent to an activating group) is 1. The van der Waals surface area contributed by atoms with Crippen molar-refractivity contribution in [3.63, 3.8) is 0 Å². The Morgan fingerprint density at radius 2 is 1.70 bits per heavy atom. The molecule has 0 saturated carbocycles. The van der Waals surface area contributed by atoms with Crippen molar-refractivity contribution in [3.8, 4) is 0 Å². The third kappa shape index (κ3) is 4.53. The Kier molecular flexibility index (Phi) is 6.08. The van der Waals surface area contributed by atoms with Gasteiger partial charge in [0, 0.05) is 24.2 Å². The summed E-state index contributed by atoms with van der Waals surface area (Å²) in [6, 6.07) is 2.57. The van der Waals surface area contributed by atoms with Gasteiger partial charge in [-0.1, -0.05) is 13.8 Å². The van der Waals surface area contributed by atoms with Crippen molar-refractivity contribution in [2.24, 2.45) is 5.92 Å². The van der Waals surface area contributed by atoms with Gasteiger partial charge in [-0.05, 0) is 51.6 Å². The van der Waals surface area contributed by atoms with Crippen LogP contribution in [0, 0.1) is 24.5 Å². The first-order valence-corrected chi connectivity index (χ1v) is 7.08. The van der Waals surface area contributed by atoms with Gasteiger partial charge in [0.2, 0.25) is 0 Å². The third-order valence-electron chi connectivity index (χ3n) is 3.58. The van der Waals surface area contributed by atoms with Crippen LogP contribution in [0.1, 0.15) is 37.9 Å². The molecule has 114 valence electrons. The summed E-state index contributed by atoms with van der Waals surface area (Å²) in [5, 5.41) is 3.40. The van der Waals surface area contributed by atoms with Crippen molar-refractivity contribution >= 4 is 0 Å². The van der Waals surface area contributed by atoms with Crippen LogP contribution in [0.15, 0.2) is 12.1 Å². The van der Waals surface area contributed by atoms with Gasteiger partial charge >= 0.3 is 0 Å². The minimum absolute atomic E-state index is 0.225. The predicted molar refractivity (Wildman–Crippen MR) is 79.8 cm³/mol. The van der Waals surface area contributed by atoms with Crippen molar-refractivity contribution in [3.05, 3.63) is 34.9 Å².